The Balaban J connectivity index is 2.06. The molecule has 0 aromatic carbocycles. The molecule has 0 spiro atoms. The lowest BCUT2D eigenvalue weighted by molar-refractivity contribution is 0.373. The Labute approximate surface area is 81.7 Å². The zero-order chi connectivity index (χ0) is 10.1. The number of aromatic nitrogens is 2. The Kier molecular flexibility index (Phi) is 2.25. The van der Waals surface area contributed by atoms with Gasteiger partial charge in [0.05, 0.1) is 0 Å². The number of hydrogen-bond acceptors (Lipinski definition) is 4. The predicted molar refractivity (Wildman–Crippen MR) is 54.2 cm³/mol. The molecule has 76 valence electrons. The second-order valence-electron chi connectivity index (χ2n) is 3.79. The van der Waals surface area contributed by atoms with E-state index in [4.69, 9.17) is 5.73 Å². The number of hydrogen-bond donors (Lipinski definition) is 3. The molecule has 1 heterocycles. The van der Waals surface area contributed by atoms with E-state index in [-0.39, 0.29) is 5.56 Å². The van der Waals surface area contributed by atoms with Gasteiger partial charge in [0.15, 0.2) is 0 Å². The van der Waals surface area contributed by atoms with Crippen molar-refractivity contribution >= 4 is 5.82 Å². The quantitative estimate of drug-likeness (QED) is 0.617. The van der Waals surface area contributed by atoms with Crippen LogP contribution in [0, 0.1) is 6.92 Å². The van der Waals surface area contributed by atoms with Crippen LogP contribution < -0.4 is 16.6 Å². The van der Waals surface area contributed by atoms with Crippen molar-refractivity contribution in [1.82, 2.24) is 9.97 Å². The molecule has 1 aromatic rings. The summed E-state index contributed by atoms with van der Waals surface area (Å²) >= 11 is 0. The van der Waals surface area contributed by atoms with Crippen molar-refractivity contribution in [3.8, 4) is 0 Å². The molecule has 0 amide bonds. The first-order valence-corrected chi connectivity index (χ1v) is 4.73. The lowest BCUT2D eigenvalue weighted by atomic mass is 9.88. The lowest BCUT2D eigenvalue weighted by Gasteiger charge is -2.33. The SMILES string of the molecule is Cc1nc(NC2CC(N)C2)cc(=O)[nH]1. The average molecular weight is 194 g/mol. The van der Waals surface area contributed by atoms with Crippen LogP contribution in [0.4, 0.5) is 5.82 Å². The second kappa shape index (κ2) is 3.42. The van der Waals surface area contributed by atoms with Gasteiger partial charge in [0.1, 0.15) is 11.6 Å². The molecule has 0 bridgehead atoms. The molecule has 0 atom stereocenters. The molecule has 1 saturated carbocycles. The molecule has 1 aliphatic carbocycles. The van der Waals surface area contributed by atoms with Crippen molar-refractivity contribution in [2.75, 3.05) is 5.32 Å². The number of rotatable bonds is 2. The van der Waals surface area contributed by atoms with E-state index in [1.807, 2.05) is 0 Å². The fourth-order valence-corrected chi connectivity index (χ4v) is 1.64. The Morgan fingerprint density at radius 2 is 2.36 bits per heavy atom. The van der Waals surface area contributed by atoms with Crippen LogP contribution in [0.5, 0.6) is 0 Å². The molecule has 4 N–H and O–H groups in total. The van der Waals surface area contributed by atoms with Crippen LogP contribution in [-0.4, -0.2) is 22.1 Å². The molecule has 1 aliphatic rings. The Morgan fingerprint density at radius 1 is 1.64 bits per heavy atom. The number of aryl methyl sites for hydroxylation is 1. The van der Waals surface area contributed by atoms with Crippen LogP contribution in [0.1, 0.15) is 18.7 Å². The van der Waals surface area contributed by atoms with Crippen LogP contribution in [-0.2, 0) is 0 Å². The fourth-order valence-electron chi connectivity index (χ4n) is 1.64. The van der Waals surface area contributed by atoms with Crippen molar-refractivity contribution in [2.24, 2.45) is 5.73 Å². The Hall–Kier alpha value is -1.36. The first kappa shape index (κ1) is 9.21. The van der Waals surface area contributed by atoms with Gasteiger partial charge in [0, 0.05) is 18.2 Å². The molecule has 1 aromatic heterocycles. The van der Waals surface area contributed by atoms with Crippen LogP contribution in [0.25, 0.3) is 0 Å². The van der Waals surface area contributed by atoms with Gasteiger partial charge in [-0.3, -0.25) is 4.79 Å². The highest BCUT2D eigenvalue weighted by atomic mass is 16.1. The van der Waals surface area contributed by atoms with Crippen molar-refractivity contribution in [3.05, 3.63) is 22.2 Å². The average Bonchev–Trinajstić information content (AvgIpc) is 1.99. The molecule has 5 nitrogen and oxygen atoms in total. The third kappa shape index (κ3) is 1.93. The number of nitrogens with one attached hydrogen (secondary N) is 2. The first-order valence-electron chi connectivity index (χ1n) is 4.73. The van der Waals surface area contributed by atoms with Crippen LogP contribution in [0.15, 0.2) is 10.9 Å². The van der Waals surface area contributed by atoms with E-state index in [0.29, 0.717) is 23.7 Å². The third-order valence-corrected chi connectivity index (χ3v) is 2.39. The zero-order valence-electron chi connectivity index (χ0n) is 8.08. The molecule has 2 rings (SSSR count). The van der Waals surface area contributed by atoms with Gasteiger partial charge in [0.25, 0.3) is 5.56 Å². The van der Waals surface area contributed by atoms with E-state index >= 15 is 0 Å². The molecule has 14 heavy (non-hydrogen) atoms. The number of aromatic amines is 1. The molecule has 5 heteroatoms. The Bertz CT molecular complexity index is 381. The van der Waals surface area contributed by atoms with Crippen molar-refractivity contribution in [2.45, 2.75) is 31.8 Å². The molecule has 0 saturated heterocycles. The minimum absolute atomic E-state index is 0.122. The molecular weight excluding hydrogens is 180 g/mol. The minimum atomic E-state index is -0.122. The number of nitrogens with zero attached hydrogens (tertiary/aromatic N) is 1. The van der Waals surface area contributed by atoms with Crippen LogP contribution >= 0.6 is 0 Å². The van der Waals surface area contributed by atoms with Crippen LogP contribution in [0.2, 0.25) is 0 Å². The topological polar surface area (TPSA) is 83.8 Å². The first-order chi connectivity index (χ1) is 6.63. The minimum Gasteiger partial charge on any atom is -0.367 e. The van der Waals surface area contributed by atoms with E-state index in [9.17, 15) is 4.79 Å². The standard InChI is InChI=1S/C9H14N4O/c1-5-11-8(4-9(14)12-5)13-7-2-6(10)3-7/h4,6-7H,2-3,10H2,1H3,(H2,11,12,13,14). The van der Waals surface area contributed by atoms with Gasteiger partial charge in [-0.05, 0) is 19.8 Å². The summed E-state index contributed by atoms with van der Waals surface area (Å²) in [5, 5.41) is 3.18. The maximum Gasteiger partial charge on any atom is 0.252 e. The van der Waals surface area contributed by atoms with Gasteiger partial charge in [-0.2, -0.15) is 0 Å². The molecule has 1 fully saturated rings. The molecule has 0 unspecified atom stereocenters. The summed E-state index contributed by atoms with van der Waals surface area (Å²) in [5.41, 5.74) is 5.53. The molecule has 0 aliphatic heterocycles. The Morgan fingerprint density at radius 3 is 2.93 bits per heavy atom. The fraction of sp³-hybridized carbons (Fsp3) is 0.556. The highest BCUT2D eigenvalue weighted by Gasteiger charge is 2.25. The second-order valence-corrected chi connectivity index (χ2v) is 3.79. The molecule has 0 radical (unpaired) electrons. The number of H-pyrrole nitrogens is 1. The zero-order valence-corrected chi connectivity index (χ0v) is 8.08. The maximum absolute atomic E-state index is 11.1. The largest absolute Gasteiger partial charge is 0.367 e. The summed E-state index contributed by atoms with van der Waals surface area (Å²) in [6.07, 6.45) is 1.90. The normalized spacial score (nSPS) is 25.6. The van der Waals surface area contributed by atoms with Crippen molar-refractivity contribution < 1.29 is 0 Å². The summed E-state index contributed by atoms with van der Waals surface area (Å²) in [5.74, 6) is 1.27. The number of nitrogens with two attached hydrogens (primary N) is 1. The number of anilines is 1. The van der Waals surface area contributed by atoms with E-state index < -0.39 is 0 Å². The van der Waals surface area contributed by atoms with Crippen molar-refractivity contribution in [1.29, 1.82) is 0 Å². The predicted octanol–water partition coefficient (Wildman–Crippen LogP) is -0.0201. The third-order valence-electron chi connectivity index (χ3n) is 2.39. The van der Waals surface area contributed by atoms with E-state index in [1.165, 1.54) is 6.07 Å². The summed E-state index contributed by atoms with van der Waals surface area (Å²) in [4.78, 5) is 17.9. The smallest absolute Gasteiger partial charge is 0.252 e. The summed E-state index contributed by atoms with van der Waals surface area (Å²) in [6.45, 7) is 1.76. The van der Waals surface area contributed by atoms with E-state index in [2.05, 4.69) is 15.3 Å². The monoisotopic (exact) mass is 194 g/mol. The van der Waals surface area contributed by atoms with Crippen LogP contribution in [0.3, 0.4) is 0 Å². The van der Waals surface area contributed by atoms with Gasteiger partial charge in [-0.25, -0.2) is 4.98 Å². The summed E-state index contributed by atoms with van der Waals surface area (Å²) < 4.78 is 0. The van der Waals surface area contributed by atoms with Gasteiger partial charge in [-0.1, -0.05) is 0 Å². The highest BCUT2D eigenvalue weighted by Crippen LogP contribution is 2.20. The van der Waals surface area contributed by atoms with Gasteiger partial charge in [-0.15, -0.1) is 0 Å². The molecular formula is C9H14N4O. The van der Waals surface area contributed by atoms with Gasteiger partial charge in [0.2, 0.25) is 0 Å². The van der Waals surface area contributed by atoms with Gasteiger partial charge < -0.3 is 16.0 Å². The lowest BCUT2D eigenvalue weighted by Crippen LogP contribution is -2.44. The highest BCUT2D eigenvalue weighted by molar-refractivity contribution is 5.35. The van der Waals surface area contributed by atoms with Gasteiger partial charge >= 0.3 is 0 Å². The maximum atomic E-state index is 11.1. The summed E-state index contributed by atoms with van der Waals surface area (Å²) in [7, 11) is 0. The summed E-state index contributed by atoms with van der Waals surface area (Å²) in [6, 6.07) is 2.14. The van der Waals surface area contributed by atoms with E-state index in [0.717, 1.165) is 12.8 Å². The van der Waals surface area contributed by atoms with E-state index in [1.54, 1.807) is 6.92 Å². The van der Waals surface area contributed by atoms with Crippen molar-refractivity contribution in [3.63, 3.8) is 0 Å².